The lowest BCUT2D eigenvalue weighted by Crippen LogP contribution is -2.43. The Morgan fingerprint density at radius 2 is 2.32 bits per heavy atom. The Labute approximate surface area is 108 Å². The zero-order chi connectivity index (χ0) is 14.4. The Morgan fingerprint density at radius 1 is 1.68 bits per heavy atom. The van der Waals surface area contributed by atoms with Gasteiger partial charge in [-0.2, -0.15) is 4.98 Å². The molecule has 0 amide bonds. The Kier molecular flexibility index (Phi) is 3.33. The summed E-state index contributed by atoms with van der Waals surface area (Å²) in [4.78, 5) is 15.3. The van der Waals surface area contributed by atoms with Crippen molar-refractivity contribution in [2.24, 2.45) is 0 Å². The molecular weight excluding hydrogens is 257 g/mol. The molecule has 0 radical (unpaired) electrons. The van der Waals surface area contributed by atoms with Gasteiger partial charge >= 0.3 is 5.69 Å². The van der Waals surface area contributed by atoms with Crippen LogP contribution in [0.1, 0.15) is 18.7 Å². The number of aliphatic hydroxyl groups excluding tert-OH is 2. The number of aryl methyl sites for hydroxylation is 1. The van der Waals surface area contributed by atoms with Gasteiger partial charge < -0.3 is 20.7 Å². The zero-order valence-corrected chi connectivity index (χ0v) is 10.6. The summed E-state index contributed by atoms with van der Waals surface area (Å²) in [5.74, 6) is 0.0547. The molecule has 0 saturated carbocycles. The molecule has 4 N–H and O–H groups in total. The van der Waals surface area contributed by atoms with Gasteiger partial charge in [0.15, 0.2) is 11.9 Å². The van der Waals surface area contributed by atoms with E-state index in [1.165, 1.54) is 6.20 Å². The molecule has 106 valence electrons. The summed E-state index contributed by atoms with van der Waals surface area (Å²) in [6, 6.07) is 0. The second-order valence-electron chi connectivity index (χ2n) is 4.80. The van der Waals surface area contributed by atoms with Gasteiger partial charge in [-0.1, -0.05) is 0 Å². The molecule has 8 heteroatoms. The Hall–Kier alpha value is -1.51. The first-order valence-corrected chi connectivity index (χ1v) is 5.77. The van der Waals surface area contributed by atoms with E-state index in [4.69, 9.17) is 15.6 Å². The van der Waals surface area contributed by atoms with E-state index in [9.17, 15) is 14.3 Å². The lowest BCUT2D eigenvalue weighted by atomic mass is 9.98. The fourth-order valence-electron chi connectivity index (χ4n) is 2.11. The molecule has 0 bridgehead atoms. The highest BCUT2D eigenvalue weighted by Gasteiger charge is 2.55. The highest BCUT2D eigenvalue weighted by atomic mass is 19.1. The number of aliphatic hydroxyl groups is 2. The van der Waals surface area contributed by atoms with E-state index in [0.717, 1.165) is 11.5 Å². The third-order valence-corrected chi connectivity index (χ3v) is 3.32. The standard InChI is InChI=1S/C11H16FN3O4/c1-5-3-15(10(18)14-8(5)13)9-11(2,12)7(17)6(4-16)19-9/h3,6-7,9,16-17H,4H2,1-2H3,(H2,13,14,18)/t6-,7-,9-,11-/m1/s1. The molecule has 1 aromatic rings. The van der Waals surface area contributed by atoms with Gasteiger partial charge in [-0.05, 0) is 13.8 Å². The molecule has 0 spiro atoms. The first-order valence-electron chi connectivity index (χ1n) is 5.77. The number of nitrogen functional groups attached to an aromatic ring is 1. The highest BCUT2D eigenvalue weighted by Crippen LogP contribution is 2.40. The molecule has 7 nitrogen and oxygen atoms in total. The summed E-state index contributed by atoms with van der Waals surface area (Å²) in [6.45, 7) is 2.17. The summed E-state index contributed by atoms with van der Waals surface area (Å²) in [5, 5.41) is 18.8. The van der Waals surface area contributed by atoms with Gasteiger partial charge in [-0.15, -0.1) is 0 Å². The first-order chi connectivity index (χ1) is 8.78. The number of hydrogen-bond acceptors (Lipinski definition) is 6. The lowest BCUT2D eigenvalue weighted by molar-refractivity contribution is -0.0611. The molecule has 4 atom stereocenters. The molecule has 1 fully saturated rings. The fraction of sp³-hybridized carbons (Fsp3) is 0.636. The van der Waals surface area contributed by atoms with Gasteiger partial charge in [0, 0.05) is 11.8 Å². The molecule has 19 heavy (non-hydrogen) atoms. The van der Waals surface area contributed by atoms with Crippen molar-refractivity contribution in [3.63, 3.8) is 0 Å². The number of hydrogen-bond donors (Lipinski definition) is 3. The maximum absolute atomic E-state index is 14.5. The number of rotatable bonds is 2. The number of aromatic nitrogens is 2. The van der Waals surface area contributed by atoms with Crippen LogP contribution >= 0.6 is 0 Å². The van der Waals surface area contributed by atoms with Crippen molar-refractivity contribution < 1.29 is 19.3 Å². The highest BCUT2D eigenvalue weighted by molar-refractivity contribution is 5.35. The normalized spacial score (nSPS) is 34.7. The summed E-state index contributed by atoms with van der Waals surface area (Å²) in [5.41, 5.74) is 2.98. The van der Waals surface area contributed by atoms with Crippen LogP contribution in [0.3, 0.4) is 0 Å². The zero-order valence-electron chi connectivity index (χ0n) is 10.6. The van der Waals surface area contributed by atoms with Gasteiger partial charge in [0.05, 0.1) is 6.61 Å². The molecular formula is C11H16FN3O4. The van der Waals surface area contributed by atoms with Gasteiger partial charge in [-0.25, -0.2) is 9.18 Å². The molecule has 1 saturated heterocycles. The van der Waals surface area contributed by atoms with Crippen LogP contribution in [0.5, 0.6) is 0 Å². The monoisotopic (exact) mass is 273 g/mol. The van der Waals surface area contributed by atoms with Gasteiger partial charge in [0.2, 0.25) is 0 Å². The van der Waals surface area contributed by atoms with Crippen molar-refractivity contribution in [3.05, 3.63) is 22.2 Å². The molecule has 2 rings (SSSR count). The van der Waals surface area contributed by atoms with E-state index in [1.807, 2.05) is 0 Å². The van der Waals surface area contributed by atoms with Crippen molar-refractivity contribution in [2.45, 2.75) is 38.0 Å². The maximum atomic E-state index is 14.5. The molecule has 0 aromatic carbocycles. The third kappa shape index (κ3) is 2.11. The van der Waals surface area contributed by atoms with Crippen molar-refractivity contribution >= 4 is 5.82 Å². The first kappa shape index (κ1) is 13.9. The molecule has 1 aliphatic heterocycles. The van der Waals surface area contributed by atoms with E-state index in [1.54, 1.807) is 6.92 Å². The molecule has 1 aromatic heterocycles. The number of halogens is 1. The number of nitrogens with two attached hydrogens (primary N) is 1. The molecule has 0 aliphatic carbocycles. The van der Waals surface area contributed by atoms with Crippen LogP contribution < -0.4 is 11.4 Å². The van der Waals surface area contributed by atoms with Crippen molar-refractivity contribution in [3.8, 4) is 0 Å². The van der Waals surface area contributed by atoms with Crippen molar-refractivity contribution in [1.82, 2.24) is 9.55 Å². The van der Waals surface area contributed by atoms with Gasteiger partial charge in [0.25, 0.3) is 0 Å². The molecule has 2 heterocycles. The van der Waals surface area contributed by atoms with Crippen LogP contribution in [0.4, 0.5) is 10.2 Å². The molecule has 0 unspecified atom stereocenters. The third-order valence-electron chi connectivity index (χ3n) is 3.32. The minimum Gasteiger partial charge on any atom is -0.394 e. The quantitative estimate of drug-likeness (QED) is 0.645. The van der Waals surface area contributed by atoms with E-state index >= 15 is 0 Å². The van der Waals surface area contributed by atoms with Gasteiger partial charge in [0.1, 0.15) is 18.0 Å². The minimum absolute atomic E-state index is 0.0547. The summed E-state index contributed by atoms with van der Waals surface area (Å²) < 4.78 is 20.6. The van der Waals surface area contributed by atoms with E-state index in [2.05, 4.69) is 4.98 Å². The fourth-order valence-corrected chi connectivity index (χ4v) is 2.11. The van der Waals surface area contributed by atoms with E-state index < -0.39 is 36.4 Å². The topological polar surface area (TPSA) is 111 Å². The number of nitrogens with zero attached hydrogens (tertiary/aromatic N) is 2. The maximum Gasteiger partial charge on any atom is 0.351 e. The van der Waals surface area contributed by atoms with Crippen LogP contribution in [-0.4, -0.2) is 44.2 Å². The predicted molar refractivity (Wildman–Crippen MR) is 64.2 cm³/mol. The number of alkyl halides is 1. The summed E-state index contributed by atoms with van der Waals surface area (Å²) in [6.07, 6.45) is -2.67. The average Bonchev–Trinajstić information content (AvgIpc) is 2.56. The van der Waals surface area contributed by atoms with E-state index in [-0.39, 0.29) is 5.82 Å². The van der Waals surface area contributed by atoms with Crippen LogP contribution in [0.25, 0.3) is 0 Å². The van der Waals surface area contributed by atoms with Gasteiger partial charge in [-0.3, -0.25) is 4.57 Å². The average molecular weight is 273 g/mol. The SMILES string of the molecule is Cc1cn([C@@H]2O[C@H](CO)[C@@H](O)[C@@]2(C)F)c(=O)nc1N. The van der Waals surface area contributed by atoms with Crippen LogP contribution in [0.2, 0.25) is 0 Å². The Balaban J connectivity index is 2.48. The second kappa shape index (κ2) is 4.55. The Morgan fingerprint density at radius 3 is 2.84 bits per heavy atom. The summed E-state index contributed by atoms with van der Waals surface area (Å²) >= 11 is 0. The van der Waals surface area contributed by atoms with Crippen LogP contribution in [0.15, 0.2) is 11.0 Å². The van der Waals surface area contributed by atoms with Crippen molar-refractivity contribution in [2.75, 3.05) is 12.3 Å². The predicted octanol–water partition coefficient (Wildman–Crippen LogP) is -0.887. The molecule has 1 aliphatic rings. The summed E-state index contributed by atoms with van der Waals surface area (Å²) in [7, 11) is 0. The largest absolute Gasteiger partial charge is 0.394 e. The van der Waals surface area contributed by atoms with Crippen LogP contribution in [-0.2, 0) is 4.74 Å². The minimum atomic E-state index is -2.22. The van der Waals surface area contributed by atoms with Crippen molar-refractivity contribution in [1.29, 1.82) is 0 Å². The van der Waals surface area contributed by atoms with E-state index in [0.29, 0.717) is 5.56 Å². The lowest BCUT2D eigenvalue weighted by Gasteiger charge is -2.25. The number of ether oxygens (including phenoxy) is 1. The Bertz CT molecular complexity index is 545. The second-order valence-corrected chi connectivity index (χ2v) is 4.80. The smallest absolute Gasteiger partial charge is 0.351 e. The van der Waals surface area contributed by atoms with Crippen LogP contribution in [0, 0.1) is 6.92 Å². The number of anilines is 1.